The number of benzene rings is 2. The highest BCUT2D eigenvalue weighted by atomic mass is 35.5. The van der Waals surface area contributed by atoms with Gasteiger partial charge < -0.3 is 10.4 Å². The van der Waals surface area contributed by atoms with E-state index in [4.69, 9.17) is 11.6 Å². The van der Waals surface area contributed by atoms with Gasteiger partial charge in [-0.05, 0) is 56.2 Å². The summed E-state index contributed by atoms with van der Waals surface area (Å²) in [5.41, 5.74) is 1.43. The van der Waals surface area contributed by atoms with Crippen LogP contribution in [0.25, 0.3) is 10.9 Å². The van der Waals surface area contributed by atoms with Crippen LogP contribution in [0.2, 0.25) is 5.02 Å². The highest BCUT2D eigenvalue weighted by molar-refractivity contribution is 6.31. The van der Waals surface area contributed by atoms with Crippen LogP contribution < -0.4 is 5.32 Å². The Morgan fingerprint density at radius 3 is 2.66 bits per heavy atom. The lowest BCUT2D eigenvalue weighted by atomic mass is 10.1. The van der Waals surface area contributed by atoms with Gasteiger partial charge in [0.05, 0.1) is 11.9 Å². The molecular weight excluding hydrogens is 395 g/mol. The molecule has 0 aliphatic rings. The maximum absolute atomic E-state index is 14.8. The number of carbonyl (C=O) groups is 2. The summed E-state index contributed by atoms with van der Waals surface area (Å²) in [7, 11) is 0. The van der Waals surface area contributed by atoms with Gasteiger partial charge in [-0.2, -0.15) is 0 Å². The lowest BCUT2D eigenvalue weighted by molar-refractivity contribution is -0.121. The second-order valence-electron chi connectivity index (χ2n) is 7.06. The third-order valence-corrected chi connectivity index (χ3v) is 5.28. The average Bonchev–Trinajstić information content (AvgIpc) is 2.96. The van der Waals surface area contributed by atoms with Crippen LogP contribution in [-0.4, -0.2) is 27.5 Å². The van der Waals surface area contributed by atoms with Crippen molar-refractivity contribution < 1.29 is 19.1 Å². The van der Waals surface area contributed by atoms with Crippen molar-refractivity contribution in [1.29, 1.82) is 0 Å². The molecule has 0 saturated heterocycles. The van der Waals surface area contributed by atoms with E-state index in [0.29, 0.717) is 21.8 Å². The van der Waals surface area contributed by atoms with Gasteiger partial charge in [-0.3, -0.25) is 14.2 Å². The van der Waals surface area contributed by atoms with Crippen LogP contribution in [0, 0.1) is 12.7 Å². The fourth-order valence-corrected chi connectivity index (χ4v) is 3.53. The second kappa shape index (κ2) is 8.25. The van der Waals surface area contributed by atoms with Gasteiger partial charge in [0.15, 0.2) is 11.6 Å². The molecular formula is C22H22ClFN2O3. The highest BCUT2D eigenvalue weighted by Gasteiger charge is 2.25. The number of aromatic hydroxyl groups is 1. The minimum Gasteiger partial charge on any atom is -0.505 e. The molecule has 5 nitrogen and oxygen atoms in total. The molecule has 7 heteroatoms. The number of halogens is 2. The number of amides is 1. The summed E-state index contributed by atoms with van der Waals surface area (Å²) in [6.45, 7) is 5.48. The molecule has 0 spiro atoms. The SMILES string of the molecule is CCC(C)NC(=O)Cc1c(C)n(C(=O)c2cccc(Cl)c2)c2ccc(O)c(F)c12. The number of aromatic nitrogens is 1. The summed E-state index contributed by atoms with van der Waals surface area (Å²) >= 11 is 6.01. The van der Waals surface area contributed by atoms with Crippen molar-refractivity contribution in [1.82, 2.24) is 9.88 Å². The number of fused-ring (bicyclic) bond motifs is 1. The third-order valence-electron chi connectivity index (χ3n) is 5.05. The molecule has 0 aliphatic heterocycles. The number of nitrogens with one attached hydrogen (secondary N) is 1. The molecule has 29 heavy (non-hydrogen) atoms. The van der Waals surface area contributed by atoms with Crippen LogP contribution in [0.15, 0.2) is 36.4 Å². The Balaban J connectivity index is 2.17. The van der Waals surface area contributed by atoms with Gasteiger partial charge in [-0.15, -0.1) is 0 Å². The van der Waals surface area contributed by atoms with E-state index in [-0.39, 0.29) is 29.3 Å². The second-order valence-corrected chi connectivity index (χ2v) is 7.50. The van der Waals surface area contributed by atoms with E-state index < -0.39 is 17.5 Å². The Hall–Kier alpha value is -2.86. The number of phenolic OH excluding ortho intramolecular Hbond substituents is 1. The van der Waals surface area contributed by atoms with E-state index in [9.17, 15) is 19.1 Å². The van der Waals surface area contributed by atoms with E-state index in [1.165, 1.54) is 22.8 Å². The van der Waals surface area contributed by atoms with E-state index in [2.05, 4.69) is 5.32 Å². The molecule has 1 unspecified atom stereocenters. The van der Waals surface area contributed by atoms with Crippen LogP contribution in [0.4, 0.5) is 4.39 Å². The standard InChI is InChI=1S/C22H22ClFN2O3/c1-4-12(2)25-19(28)11-16-13(3)26(17-8-9-18(27)21(24)20(16)17)22(29)14-6-5-7-15(23)10-14/h5-10,12,27H,4,11H2,1-3H3,(H,25,28). The van der Waals surface area contributed by atoms with Gasteiger partial charge in [0.1, 0.15) is 0 Å². The molecule has 2 N–H and O–H groups in total. The number of rotatable bonds is 5. The molecule has 1 amide bonds. The van der Waals surface area contributed by atoms with Gasteiger partial charge >= 0.3 is 0 Å². The fourth-order valence-electron chi connectivity index (χ4n) is 3.34. The topological polar surface area (TPSA) is 71.3 Å². The Morgan fingerprint density at radius 1 is 1.28 bits per heavy atom. The number of hydrogen-bond donors (Lipinski definition) is 2. The van der Waals surface area contributed by atoms with Crippen molar-refractivity contribution in [3.05, 3.63) is 64.1 Å². The first kappa shape index (κ1) is 20.9. The summed E-state index contributed by atoms with van der Waals surface area (Å²) in [6, 6.07) is 9.10. The minimum absolute atomic E-state index is 0.0255. The van der Waals surface area contributed by atoms with Gasteiger partial charge in [0.25, 0.3) is 5.91 Å². The molecule has 0 radical (unpaired) electrons. The fraction of sp³-hybridized carbons (Fsp3) is 0.273. The first-order valence-corrected chi connectivity index (χ1v) is 9.73. The van der Waals surface area contributed by atoms with Crippen molar-refractivity contribution in [3.63, 3.8) is 0 Å². The summed E-state index contributed by atoms with van der Waals surface area (Å²) < 4.78 is 16.2. The molecule has 3 aromatic rings. The molecule has 0 bridgehead atoms. The maximum Gasteiger partial charge on any atom is 0.262 e. The molecule has 1 atom stereocenters. The van der Waals surface area contributed by atoms with Crippen LogP contribution in [-0.2, 0) is 11.2 Å². The quantitative estimate of drug-likeness (QED) is 0.638. The summed E-state index contributed by atoms with van der Waals surface area (Å²) in [6.07, 6.45) is 0.651. The number of hydrogen-bond acceptors (Lipinski definition) is 3. The number of carbonyl (C=O) groups excluding carboxylic acids is 2. The summed E-state index contributed by atoms with van der Waals surface area (Å²) in [4.78, 5) is 25.6. The Morgan fingerprint density at radius 2 is 2.00 bits per heavy atom. The smallest absolute Gasteiger partial charge is 0.262 e. The minimum atomic E-state index is -0.852. The zero-order chi connectivity index (χ0) is 21.3. The number of nitrogens with zero attached hydrogens (tertiary/aromatic N) is 1. The van der Waals surface area contributed by atoms with Crippen LogP contribution in [0.5, 0.6) is 5.75 Å². The molecule has 3 rings (SSSR count). The van der Waals surface area contributed by atoms with E-state index in [1.807, 2.05) is 13.8 Å². The van der Waals surface area contributed by atoms with Crippen molar-refractivity contribution >= 4 is 34.3 Å². The zero-order valence-corrected chi connectivity index (χ0v) is 17.2. The first-order valence-electron chi connectivity index (χ1n) is 9.35. The highest BCUT2D eigenvalue weighted by Crippen LogP contribution is 2.33. The molecule has 0 saturated carbocycles. The molecule has 1 heterocycles. The normalized spacial score (nSPS) is 12.2. The van der Waals surface area contributed by atoms with Crippen LogP contribution >= 0.6 is 11.6 Å². The van der Waals surface area contributed by atoms with E-state index in [0.717, 1.165) is 6.42 Å². The first-order chi connectivity index (χ1) is 13.7. The van der Waals surface area contributed by atoms with Crippen molar-refractivity contribution in [2.75, 3.05) is 0 Å². The van der Waals surface area contributed by atoms with Gasteiger partial charge in [-0.25, -0.2) is 4.39 Å². The van der Waals surface area contributed by atoms with Gasteiger partial charge in [0, 0.05) is 27.7 Å². The Labute approximate surface area is 173 Å². The summed E-state index contributed by atoms with van der Waals surface area (Å²) in [5.74, 6) is -2.06. The van der Waals surface area contributed by atoms with Crippen LogP contribution in [0.1, 0.15) is 41.9 Å². The largest absolute Gasteiger partial charge is 0.505 e. The van der Waals surface area contributed by atoms with Crippen molar-refractivity contribution in [2.24, 2.45) is 0 Å². The zero-order valence-electron chi connectivity index (χ0n) is 16.4. The maximum atomic E-state index is 14.8. The Kier molecular flexibility index (Phi) is 5.94. The third kappa shape index (κ3) is 3.98. The molecule has 2 aromatic carbocycles. The Bertz CT molecular complexity index is 1110. The lowest BCUT2D eigenvalue weighted by Crippen LogP contribution is -2.33. The molecule has 0 aliphatic carbocycles. The molecule has 152 valence electrons. The summed E-state index contributed by atoms with van der Waals surface area (Å²) in [5, 5.41) is 13.2. The van der Waals surface area contributed by atoms with Crippen molar-refractivity contribution in [3.8, 4) is 5.75 Å². The van der Waals surface area contributed by atoms with Crippen LogP contribution in [0.3, 0.4) is 0 Å². The average molecular weight is 417 g/mol. The molecule has 1 aromatic heterocycles. The number of phenols is 1. The van der Waals surface area contributed by atoms with E-state index >= 15 is 0 Å². The lowest BCUT2D eigenvalue weighted by Gasteiger charge is -2.12. The predicted molar refractivity (Wildman–Crippen MR) is 111 cm³/mol. The van der Waals surface area contributed by atoms with Gasteiger partial charge in [0.2, 0.25) is 5.91 Å². The van der Waals surface area contributed by atoms with Gasteiger partial charge in [-0.1, -0.05) is 24.6 Å². The predicted octanol–water partition coefficient (Wildman–Crippen LogP) is 4.59. The van der Waals surface area contributed by atoms with E-state index in [1.54, 1.807) is 25.1 Å². The van der Waals surface area contributed by atoms with Crippen molar-refractivity contribution in [2.45, 2.75) is 39.7 Å². The molecule has 0 fully saturated rings. The monoisotopic (exact) mass is 416 g/mol.